The highest BCUT2D eigenvalue weighted by Crippen LogP contribution is 2.32. The van der Waals surface area contributed by atoms with Crippen molar-refractivity contribution in [2.24, 2.45) is 0 Å². The summed E-state index contributed by atoms with van der Waals surface area (Å²) in [5.41, 5.74) is 0. The molecule has 0 saturated carbocycles. The largest absolute Gasteiger partial charge is 0.333 e. The third-order valence-electron chi connectivity index (χ3n) is 3.23. The maximum absolute atomic E-state index is 10.7. The fourth-order valence-electron chi connectivity index (χ4n) is 2.11. The summed E-state index contributed by atoms with van der Waals surface area (Å²) in [5, 5.41) is 18.0. The van der Waals surface area contributed by atoms with Crippen molar-refractivity contribution >= 4 is 28.7 Å². The van der Waals surface area contributed by atoms with Gasteiger partial charge in [-0.3, -0.25) is 15.0 Å². The lowest BCUT2D eigenvalue weighted by Gasteiger charge is -2.30. The molecule has 21 heavy (non-hydrogen) atoms. The molecule has 1 N–H and O–H groups in total. The van der Waals surface area contributed by atoms with Crippen LogP contribution in [0.1, 0.15) is 11.9 Å². The minimum Gasteiger partial charge on any atom is -0.333 e. The number of halogens is 1. The second kappa shape index (κ2) is 6.48. The van der Waals surface area contributed by atoms with Crippen LogP contribution in [0.5, 0.6) is 0 Å². The minimum atomic E-state index is -0.426. The van der Waals surface area contributed by atoms with Crippen molar-refractivity contribution in [1.82, 2.24) is 20.4 Å². The second-order valence-corrected chi connectivity index (χ2v) is 5.62. The Bertz CT molecular complexity index is 631. The normalized spacial score (nSPS) is 19.2. The van der Waals surface area contributed by atoms with Crippen molar-refractivity contribution in [3.8, 4) is 10.8 Å². The standard InChI is InChI=1S/C11H13N5O3S.ClH/c1-15-5-4-12-6-7(15)10-13-11(19-14-10)8-2-3-9(20-8)16(17)18;/h2-3,7,12H,4-6H2,1H3;1H. The number of nitro groups is 1. The van der Waals surface area contributed by atoms with Crippen LogP contribution in [-0.4, -0.2) is 46.6 Å². The van der Waals surface area contributed by atoms with Crippen LogP contribution in [0.4, 0.5) is 5.00 Å². The average Bonchev–Trinajstić information content (AvgIpc) is 3.08. The van der Waals surface area contributed by atoms with E-state index in [2.05, 4.69) is 20.4 Å². The molecule has 0 radical (unpaired) electrons. The molecule has 0 aliphatic carbocycles. The van der Waals surface area contributed by atoms with E-state index in [1.165, 1.54) is 6.07 Å². The number of rotatable bonds is 3. The zero-order valence-corrected chi connectivity index (χ0v) is 12.8. The first kappa shape index (κ1) is 15.8. The molecule has 2 aromatic rings. The number of hydrogen-bond donors (Lipinski definition) is 1. The van der Waals surface area contributed by atoms with Crippen LogP contribution in [-0.2, 0) is 0 Å². The summed E-state index contributed by atoms with van der Waals surface area (Å²) in [7, 11) is 2.01. The van der Waals surface area contributed by atoms with E-state index in [0.717, 1.165) is 31.0 Å². The van der Waals surface area contributed by atoms with Gasteiger partial charge in [0.15, 0.2) is 5.82 Å². The van der Waals surface area contributed by atoms with Crippen LogP contribution in [0.15, 0.2) is 16.7 Å². The van der Waals surface area contributed by atoms with Gasteiger partial charge in [0.05, 0.1) is 15.8 Å². The van der Waals surface area contributed by atoms with Gasteiger partial charge in [-0.1, -0.05) is 16.5 Å². The summed E-state index contributed by atoms with van der Waals surface area (Å²) in [6, 6.07) is 3.14. The first-order valence-corrected chi connectivity index (χ1v) is 6.96. The molecule has 1 fully saturated rings. The summed E-state index contributed by atoms with van der Waals surface area (Å²) in [6.07, 6.45) is 0. The Hall–Kier alpha value is -1.55. The quantitative estimate of drug-likeness (QED) is 0.675. The smallest absolute Gasteiger partial charge is 0.324 e. The van der Waals surface area contributed by atoms with E-state index in [4.69, 9.17) is 4.52 Å². The molecule has 114 valence electrons. The van der Waals surface area contributed by atoms with Crippen molar-refractivity contribution in [3.63, 3.8) is 0 Å². The van der Waals surface area contributed by atoms with Gasteiger partial charge in [-0.2, -0.15) is 4.98 Å². The Labute approximate surface area is 130 Å². The first-order valence-electron chi connectivity index (χ1n) is 6.14. The SMILES string of the molecule is CN1CCNCC1c1noc(-c2ccc([N+](=O)[O-])s2)n1.Cl. The third-order valence-corrected chi connectivity index (χ3v) is 4.26. The van der Waals surface area contributed by atoms with Gasteiger partial charge >= 0.3 is 5.00 Å². The van der Waals surface area contributed by atoms with E-state index in [9.17, 15) is 10.1 Å². The minimum absolute atomic E-state index is 0. The second-order valence-electron chi connectivity index (χ2n) is 4.55. The molecule has 1 atom stereocenters. The molecular weight excluding hydrogens is 318 g/mol. The Kier molecular flexibility index (Phi) is 4.88. The number of piperazine rings is 1. The number of nitrogens with zero attached hydrogens (tertiary/aromatic N) is 4. The Morgan fingerprint density at radius 2 is 2.38 bits per heavy atom. The predicted octanol–water partition coefficient (Wildman–Crippen LogP) is 1.70. The van der Waals surface area contributed by atoms with Gasteiger partial charge in [-0.15, -0.1) is 12.4 Å². The maximum Gasteiger partial charge on any atom is 0.324 e. The third kappa shape index (κ3) is 3.21. The van der Waals surface area contributed by atoms with Gasteiger partial charge in [0.1, 0.15) is 0 Å². The molecule has 3 heterocycles. The molecule has 0 bridgehead atoms. The number of nitrogens with one attached hydrogen (secondary N) is 1. The molecule has 1 unspecified atom stereocenters. The molecule has 2 aromatic heterocycles. The Morgan fingerprint density at radius 3 is 3.05 bits per heavy atom. The Balaban J connectivity index is 0.00000161. The van der Waals surface area contributed by atoms with Gasteiger partial charge in [-0.05, 0) is 13.1 Å². The summed E-state index contributed by atoms with van der Waals surface area (Å²) in [5.74, 6) is 0.933. The molecule has 1 aliphatic heterocycles. The Morgan fingerprint density at radius 1 is 1.57 bits per heavy atom. The number of aromatic nitrogens is 2. The van der Waals surface area contributed by atoms with E-state index < -0.39 is 4.92 Å². The monoisotopic (exact) mass is 331 g/mol. The molecule has 0 amide bonds. The van der Waals surface area contributed by atoms with Crippen molar-refractivity contribution in [2.45, 2.75) is 6.04 Å². The molecule has 3 rings (SSSR count). The topological polar surface area (TPSA) is 97.3 Å². The molecule has 8 nitrogen and oxygen atoms in total. The van der Waals surface area contributed by atoms with Gasteiger partial charge < -0.3 is 9.84 Å². The van der Waals surface area contributed by atoms with Crippen molar-refractivity contribution in [1.29, 1.82) is 0 Å². The lowest BCUT2D eigenvalue weighted by Crippen LogP contribution is -2.44. The van der Waals surface area contributed by atoms with E-state index in [1.807, 2.05) is 7.05 Å². The van der Waals surface area contributed by atoms with Crippen LogP contribution in [0, 0.1) is 10.1 Å². The van der Waals surface area contributed by atoms with E-state index in [1.54, 1.807) is 6.07 Å². The van der Waals surface area contributed by atoms with Crippen molar-refractivity contribution in [3.05, 3.63) is 28.1 Å². The summed E-state index contributed by atoms with van der Waals surface area (Å²) in [6.45, 7) is 2.62. The lowest BCUT2D eigenvalue weighted by atomic mass is 10.2. The maximum atomic E-state index is 10.7. The number of thiophene rings is 1. The average molecular weight is 332 g/mol. The summed E-state index contributed by atoms with van der Waals surface area (Å²) < 4.78 is 5.22. The number of hydrogen-bond acceptors (Lipinski definition) is 8. The first-order chi connectivity index (χ1) is 9.65. The summed E-state index contributed by atoms with van der Waals surface area (Å²) >= 11 is 1.03. The molecular formula is C11H14ClN5O3S. The highest BCUT2D eigenvalue weighted by atomic mass is 35.5. The van der Waals surface area contributed by atoms with Crippen LogP contribution >= 0.6 is 23.7 Å². The van der Waals surface area contributed by atoms with Crippen molar-refractivity contribution < 1.29 is 9.45 Å². The summed E-state index contributed by atoms with van der Waals surface area (Å²) in [4.78, 5) is 17.4. The van der Waals surface area contributed by atoms with E-state index >= 15 is 0 Å². The molecule has 0 spiro atoms. The van der Waals surface area contributed by atoms with Gasteiger partial charge in [0, 0.05) is 25.7 Å². The molecule has 1 saturated heterocycles. The predicted molar refractivity (Wildman–Crippen MR) is 79.8 cm³/mol. The zero-order chi connectivity index (χ0) is 14.1. The van der Waals surface area contributed by atoms with Crippen LogP contribution in [0.3, 0.4) is 0 Å². The van der Waals surface area contributed by atoms with Gasteiger partial charge in [0.25, 0.3) is 5.89 Å². The molecule has 0 aromatic carbocycles. The van der Waals surface area contributed by atoms with E-state index in [-0.39, 0.29) is 23.4 Å². The van der Waals surface area contributed by atoms with Crippen LogP contribution in [0.2, 0.25) is 0 Å². The highest BCUT2D eigenvalue weighted by Gasteiger charge is 2.26. The fourth-order valence-corrected chi connectivity index (χ4v) is 2.85. The molecule has 10 heteroatoms. The van der Waals surface area contributed by atoms with Crippen LogP contribution < -0.4 is 5.32 Å². The number of likely N-dealkylation sites (N-methyl/N-ethyl adjacent to an activating group) is 1. The van der Waals surface area contributed by atoms with Gasteiger partial charge in [0.2, 0.25) is 0 Å². The highest BCUT2D eigenvalue weighted by molar-refractivity contribution is 7.18. The molecule has 1 aliphatic rings. The van der Waals surface area contributed by atoms with E-state index in [0.29, 0.717) is 16.6 Å². The fraction of sp³-hybridized carbons (Fsp3) is 0.455. The van der Waals surface area contributed by atoms with Gasteiger partial charge in [-0.25, -0.2) is 0 Å². The van der Waals surface area contributed by atoms with Crippen LogP contribution in [0.25, 0.3) is 10.8 Å². The van der Waals surface area contributed by atoms with Crippen molar-refractivity contribution in [2.75, 3.05) is 26.7 Å². The lowest BCUT2D eigenvalue weighted by molar-refractivity contribution is -0.380. The zero-order valence-electron chi connectivity index (χ0n) is 11.2.